The molecule has 32 heavy (non-hydrogen) atoms. The molecule has 0 saturated carbocycles. The lowest BCUT2D eigenvalue weighted by Crippen LogP contribution is -2.54. The van der Waals surface area contributed by atoms with E-state index in [0.29, 0.717) is 26.2 Å². The van der Waals surface area contributed by atoms with Gasteiger partial charge in [0, 0.05) is 19.5 Å². The molecule has 4 nitrogen and oxygen atoms in total. The summed E-state index contributed by atoms with van der Waals surface area (Å²) in [4.78, 5) is 2.39. The molecule has 0 aromatic heterocycles. The maximum atomic E-state index is 13.8. The van der Waals surface area contributed by atoms with Crippen molar-refractivity contribution in [3.05, 3.63) is 107 Å². The zero-order valence-electron chi connectivity index (χ0n) is 17.9. The van der Waals surface area contributed by atoms with E-state index >= 15 is 0 Å². The summed E-state index contributed by atoms with van der Waals surface area (Å²) in [5.41, 5.74) is 4.11. The maximum Gasteiger partial charge on any atom is 0.191 e. The molecule has 0 aliphatic carbocycles. The number of ether oxygens (including phenoxy) is 3. The van der Waals surface area contributed by atoms with Gasteiger partial charge in [0.15, 0.2) is 5.79 Å². The van der Waals surface area contributed by atoms with Gasteiger partial charge in [-0.05, 0) is 34.4 Å². The first-order valence-electron chi connectivity index (χ1n) is 11.2. The predicted molar refractivity (Wildman–Crippen MR) is 118 cm³/mol. The lowest BCUT2D eigenvalue weighted by Gasteiger charge is -2.47. The number of hydrogen-bond donors (Lipinski definition) is 0. The molecular weight excluding hydrogens is 405 g/mol. The summed E-state index contributed by atoms with van der Waals surface area (Å²) in [5.74, 6) is -1.10. The van der Waals surface area contributed by atoms with Crippen LogP contribution < -0.4 is 0 Å². The van der Waals surface area contributed by atoms with Gasteiger partial charge < -0.3 is 14.2 Å². The molecule has 3 aromatic rings. The van der Waals surface area contributed by atoms with Crippen molar-refractivity contribution in [3.63, 3.8) is 0 Å². The maximum absolute atomic E-state index is 13.8. The summed E-state index contributed by atoms with van der Waals surface area (Å²) in [6.07, 6.45) is 0.602. The van der Waals surface area contributed by atoms with Crippen molar-refractivity contribution >= 4 is 0 Å². The first-order chi connectivity index (χ1) is 15.7. The molecule has 3 unspecified atom stereocenters. The highest BCUT2D eigenvalue weighted by molar-refractivity contribution is 5.38. The van der Waals surface area contributed by atoms with Gasteiger partial charge >= 0.3 is 0 Å². The molecule has 3 aromatic carbocycles. The zero-order valence-corrected chi connectivity index (χ0v) is 17.9. The van der Waals surface area contributed by atoms with Gasteiger partial charge in [-0.25, -0.2) is 4.39 Å². The highest BCUT2D eigenvalue weighted by atomic mass is 19.1. The first kappa shape index (κ1) is 20.1. The lowest BCUT2D eigenvalue weighted by atomic mass is 9.84. The molecule has 6 rings (SSSR count). The SMILES string of the molecule is Fc1ccc(C2N(Cc3ccccc3)CCOC23CC2(CO3)OCc3ccccc32)cc1. The molecular formula is C27H26FNO3. The van der Waals surface area contributed by atoms with Gasteiger partial charge in [-0.1, -0.05) is 66.7 Å². The van der Waals surface area contributed by atoms with Crippen LogP contribution in [0.3, 0.4) is 0 Å². The summed E-state index contributed by atoms with van der Waals surface area (Å²) in [7, 11) is 0. The van der Waals surface area contributed by atoms with Crippen molar-refractivity contribution in [2.24, 2.45) is 0 Å². The Labute approximate surface area is 187 Å². The van der Waals surface area contributed by atoms with Crippen LogP contribution >= 0.6 is 0 Å². The van der Waals surface area contributed by atoms with E-state index < -0.39 is 11.4 Å². The number of morpholine rings is 1. The Morgan fingerprint density at radius 1 is 0.875 bits per heavy atom. The quantitative estimate of drug-likeness (QED) is 0.588. The molecule has 2 fully saturated rings. The van der Waals surface area contributed by atoms with Gasteiger partial charge in [0.1, 0.15) is 11.4 Å². The van der Waals surface area contributed by atoms with E-state index in [1.165, 1.54) is 28.8 Å². The molecule has 3 heterocycles. The Hall–Kier alpha value is -2.57. The fourth-order valence-electron chi connectivity index (χ4n) is 5.58. The average molecular weight is 432 g/mol. The van der Waals surface area contributed by atoms with Gasteiger partial charge in [-0.15, -0.1) is 0 Å². The zero-order chi connectivity index (χ0) is 21.6. The third-order valence-corrected chi connectivity index (χ3v) is 7.01. The second kappa shape index (κ2) is 7.78. The van der Waals surface area contributed by atoms with Crippen LogP contribution in [0.15, 0.2) is 78.9 Å². The van der Waals surface area contributed by atoms with E-state index in [2.05, 4.69) is 47.4 Å². The van der Waals surface area contributed by atoms with Crippen molar-refractivity contribution in [3.8, 4) is 0 Å². The van der Waals surface area contributed by atoms with Gasteiger partial charge in [0.05, 0.1) is 25.9 Å². The normalized spacial score (nSPS) is 29.6. The molecule has 5 heteroatoms. The Morgan fingerprint density at radius 3 is 2.50 bits per heavy atom. The standard InChI is InChI=1S/C27H26FNO3/c28-23-12-10-21(11-13-23)25-27(30-15-14-29(25)16-20-6-2-1-3-7-20)18-26(19-32-27)24-9-5-4-8-22(24)17-31-26/h1-13,25H,14-19H2. The van der Waals surface area contributed by atoms with Crippen molar-refractivity contribution < 1.29 is 18.6 Å². The largest absolute Gasteiger partial charge is 0.363 e. The molecule has 3 aliphatic rings. The first-order valence-corrected chi connectivity index (χ1v) is 11.2. The number of benzene rings is 3. The van der Waals surface area contributed by atoms with Crippen LogP contribution in [-0.2, 0) is 33.0 Å². The second-order valence-corrected chi connectivity index (χ2v) is 8.98. The summed E-state index contributed by atoms with van der Waals surface area (Å²) in [6, 6.07) is 25.4. The second-order valence-electron chi connectivity index (χ2n) is 8.98. The van der Waals surface area contributed by atoms with E-state index in [1.54, 1.807) is 0 Å². The number of rotatable bonds is 3. The highest BCUT2D eigenvalue weighted by Crippen LogP contribution is 2.54. The molecule has 2 spiro atoms. The topological polar surface area (TPSA) is 30.9 Å². The minimum absolute atomic E-state index is 0.173. The van der Waals surface area contributed by atoms with Crippen molar-refractivity contribution in [1.29, 1.82) is 0 Å². The number of hydrogen-bond acceptors (Lipinski definition) is 4. The molecule has 164 valence electrons. The number of fused-ring (bicyclic) bond motifs is 2. The average Bonchev–Trinajstić information content (AvgIpc) is 3.37. The Morgan fingerprint density at radius 2 is 1.66 bits per heavy atom. The molecule has 2 saturated heterocycles. The fourth-order valence-corrected chi connectivity index (χ4v) is 5.58. The lowest BCUT2D eigenvalue weighted by molar-refractivity contribution is -0.276. The molecule has 0 amide bonds. The Balaban J connectivity index is 1.39. The minimum Gasteiger partial charge on any atom is -0.363 e. The van der Waals surface area contributed by atoms with Crippen LogP contribution in [0.1, 0.15) is 34.7 Å². The van der Waals surface area contributed by atoms with E-state index in [1.807, 2.05) is 24.3 Å². The summed E-state index contributed by atoms with van der Waals surface area (Å²) in [6.45, 7) is 3.14. The van der Waals surface area contributed by atoms with Gasteiger partial charge in [-0.2, -0.15) is 0 Å². The minimum atomic E-state index is -0.859. The fraction of sp³-hybridized carbons (Fsp3) is 0.333. The molecule has 3 atom stereocenters. The van der Waals surface area contributed by atoms with Gasteiger partial charge in [0.2, 0.25) is 0 Å². The van der Waals surface area contributed by atoms with E-state index in [9.17, 15) is 4.39 Å². The molecule has 3 aliphatic heterocycles. The third kappa shape index (κ3) is 3.28. The van der Waals surface area contributed by atoms with E-state index in [-0.39, 0.29) is 11.9 Å². The van der Waals surface area contributed by atoms with E-state index in [4.69, 9.17) is 14.2 Å². The molecule has 0 N–H and O–H groups in total. The Bertz CT molecular complexity index is 1110. The van der Waals surface area contributed by atoms with Crippen molar-refractivity contribution in [2.75, 3.05) is 19.8 Å². The highest BCUT2D eigenvalue weighted by Gasteiger charge is 2.60. The van der Waals surface area contributed by atoms with Gasteiger partial charge in [0.25, 0.3) is 0 Å². The smallest absolute Gasteiger partial charge is 0.191 e. The van der Waals surface area contributed by atoms with Crippen LogP contribution in [-0.4, -0.2) is 30.4 Å². The number of nitrogens with zero attached hydrogens (tertiary/aromatic N) is 1. The van der Waals surface area contributed by atoms with Crippen LogP contribution in [0, 0.1) is 5.82 Å². The van der Waals surface area contributed by atoms with Crippen LogP contribution in [0.25, 0.3) is 0 Å². The monoisotopic (exact) mass is 431 g/mol. The summed E-state index contributed by atoms with van der Waals surface area (Å²) < 4.78 is 33.2. The molecule has 0 bridgehead atoms. The number of halogens is 1. The van der Waals surface area contributed by atoms with E-state index in [0.717, 1.165) is 18.7 Å². The van der Waals surface area contributed by atoms with Crippen molar-refractivity contribution in [2.45, 2.75) is 37.0 Å². The molecule has 0 radical (unpaired) electrons. The van der Waals surface area contributed by atoms with Gasteiger partial charge in [-0.3, -0.25) is 4.90 Å². The summed E-state index contributed by atoms with van der Waals surface area (Å²) >= 11 is 0. The Kier molecular flexibility index (Phi) is 4.88. The summed E-state index contributed by atoms with van der Waals surface area (Å²) in [5, 5.41) is 0. The van der Waals surface area contributed by atoms with Crippen LogP contribution in [0.2, 0.25) is 0 Å². The van der Waals surface area contributed by atoms with Crippen molar-refractivity contribution in [1.82, 2.24) is 4.90 Å². The van der Waals surface area contributed by atoms with Crippen LogP contribution in [0.4, 0.5) is 4.39 Å². The van der Waals surface area contributed by atoms with Crippen LogP contribution in [0.5, 0.6) is 0 Å². The third-order valence-electron chi connectivity index (χ3n) is 7.01. The predicted octanol–water partition coefficient (Wildman–Crippen LogP) is 4.94.